The van der Waals surface area contributed by atoms with Crippen molar-refractivity contribution in [3.8, 4) is 17.2 Å². The van der Waals surface area contributed by atoms with Crippen molar-refractivity contribution in [1.29, 1.82) is 0 Å². The smallest absolute Gasteiger partial charge is 0.383 e. The second-order valence-electron chi connectivity index (χ2n) is 6.05. The Morgan fingerprint density at radius 2 is 2.04 bits per heavy atom. The number of hydrogen-bond acceptors (Lipinski definition) is 6. The number of carboxylic acid groups (broad SMARTS) is 1. The quantitative estimate of drug-likeness (QED) is 0.489. The standard InChI is InChI=1S/C19H24O7/c1-3-5-6-7-12(4-2)25-18-17(22)14-10-13(24-11-16(20)21)8-9-15(14)26-19(18)23/h8-10,12,22H,3-7,11H2,1-2H3,(H,20,21). The van der Waals surface area contributed by atoms with Crippen LogP contribution in [0.25, 0.3) is 11.0 Å². The summed E-state index contributed by atoms with van der Waals surface area (Å²) in [5.74, 6) is -1.43. The number of carbonyl (C=O) groups is 1. The van der Waals surface area contributed by atoms with Crippen molar-refractivity contribution >= 4 is 16.9 Å². The number of carboxylic acids is 1. The van der Waals surface area contributed by atoms with Gasteiger partial charge in [-0.05, 0) is 37.5 Å². The molecule has 0 radical (unpaired) electrons. The third-order valence-corrected chi connectivity index (χ3v) is 4.04. The van der Waals surface area contributed by atoms with Crippen molar-refractivity contribution in [2.24, 2.45) is 0 Å². The highest BCUT2D eigenvalue weighted by Crippen LogP contribution is 2.34. The number of rotatable bonds is 10. The fraction of sp³-hybridized carbons (Fsp3) is 0.474. The first-order valence-electron chi connectivity index (χ1n) is 8.77. The van der Waals surface area contributed by atoms with Crippen molar-refractivity contribution in [2.75, 3.05) is 6.61 Å². The van der Waals surface area contributed by atoms with Gasteiger partial charge in [0.1, 0.15) is 11.3 Å². The molecule has 0 fully saturated rings. The van der Waals surface area contributed by atoms with Gasteiger partial charge in [-0.15, -0.1) is 0 Å². The van der Waals surface area contributed by atoms with Gasteiger partial charge in [-0.3, -0.25) is 0 Å². The minimum Gasteiger partial charge on any atom is -0.504 e. The van der Waals surface area contributed by atoms with E-state index in [1.807, 2.05) is 6.92 Å². The number of unbranched alkanes of at least 4 members (excludes halogenated alkanes) is 2. The molecule has 26 heavy (non-hydrogen) atoms. The SMILES string of the molecule is CCCCCC(CC)Oc1c(O)c2cc(OCC(=O)O)ccc2oc1=O. The zero-order valence-electron chi connectivity index (χ0n) is 15.0. The summed E-state index contributed by atoms with van der Waals surface area (Å²) >= 11 is 0. The number of benzene rings is 1. The van der Waals surface area contributed by atoms with Gasteiger partial charge >= 0.3 is 11.6 Å². The third kappa shape index (κ3) is 4.91. The molecule has 0 saturated carbocycles. The maximum absolute atomic E-state index is 12.2. The average Bonchev–Trinajstić information content (AvgIpc) is 2.62. The van der Waals surface area contributed by atoms with Gasteiger partial charge in [0.05, 0.1) is 11.5 Å². The number of aromatic hydroxyl groups is 1. The van der Waals surface area contributed by atoms with E-state index in [0.717, 1.165) is 25.7 Å². The summed E-state index contributed by atoms with van der Waals surface area (Å²) < 4.78 is 16.0. The lowest BCUT2D eigenvalue weighted by atomic mass is 10.1. The molecule has 0 bridgehead atoms. The van der Waals surface area contributed by atoms with Crippen LogP contribution in [0.1, 0.15) is 46.0 Å². The predicted octanol–water partition coefficient (Wildman–Crippen LogP) is 3.70. The molecule has 7 heteroatoms. The highest BCUT2D eigenvalue weighted by atomic mass is 16.5. The molecule has 2 rings (SSSR count). The Morgan fingerprint density at radius 3 is 2.69 bits per heavy atom. The van der Waals surface area contributed by atoms with Crippen LogP contribution in [0.5, 0.6) is 17.2 Å². The molecular weight excluding hydrogens is 340 g/mol. The molecule has 2 aromatic rings. The Labute approximate surface area is 151 Å². The van der Waals surface area contributed by atoms with Crippen LogP contribution in [0.15, 0.2) is 27.4 Å². The maximum atomic E-state index is 12.2. The van der Waals surface area contributed by atoms with E-state index < -0.39 is 18.2 Å². The lowest BCUT2D eigenvalue weighted by Crippen LogP contribution is -2.19. The summed E-state index contributed by atoms with van der Waals surface area (Å²) in [5.41, 5.74) is -0.579. The van der Waals surface area contributed by atoms with E-state index in [9.17, 15) is 14.7 Å². The van der Waals surface area contributed by atoms with Crippen molar-refractivity contribution in [1.82, 2.24) is 0 Å². The van der Waals surface area contributed by atoms with Crippen LogP contribution in [0.3, 0.4) is 0 Å². The highest BCUT2D eigenvalue weighted by Gasteiger charge is 2.19. The van der Waals surface area contributed by atoms with E-state index in [4.69, 9.17) is 19.0 Å². The molecule has 1 aromatic carbocycles. The van der Waals surface area contributed by atoms with Gasteiger partial charge in [0, 0.05) is 0 Å². The summed E-state index contributed by atoms with van der Waals surface area (Å²) in [5, 5.41) is 19.4. The molecule has 0 aliphatic rings. The number of hydrogen-bond donors (Lipinski definition) is 2. The molecule has 0 aliphatic heterocycles. The van der Waals surface area contributed by atoms with Gasteiger partial charge in [-0.1, -0.05) is 26.7 Å². The van der Waals surface area contributed by atoms with Gasteiger partial charge in [-0.25, -0.2) is 9.59 Å². The van der Waals surface area contributed by atoms with Gasteiger partial charge < -0.3 is 24.1 Å². The van der Waals surface area contributed by atoms with E-state index in [1.54, 1.807) is 0 Å². The zero-order chi connectivity index (χ0) is 19.1. The molecule has 1 aromatic heterocycles. The average molecular weight is 364 g/mol. The molecule has 7 nitrogen and oxygen atoms in total. The monoisotopic (exact) mass is 364 g/mol. The third-order valence-electron chi connectivity index (χ3n) is 4.04. The van der Waals surface area contributed by atoms with Crippen molar-refractivity contribution < 1.29 is 28.9 Å². The van der Waals surface area contributed by atoms with E-state index in [1.165, 1.54) is 18.2 Å². The Bertz CT molecular complexity index is 809. The van der Waals surface area contributed by atoms with Crippen molar-refractivity contribution in [2.45, 2.75) is 52.1 Å². The molecule has 0 saturated heterocycles. The Balaban J connectivity index is 2.30. The number of ether oxygens (including phenoxy) is 2. The number of fused-ring (bicyclic) bond motifs is 1. The van der Waals surface area contributed by atoms with Crippen molar-refractivity contribution in [3.63, 3.8) is 0 Å². The summed E-state index contributed by atoms with van der Waals surface area (Å²) in [6.45, 7) is 3.55. The minimum absolute atomic E-state index is 0.168. The lowest BCUT2D eigenvalue weighted by molar-refractivity contribution is -0.139. The van der Waals surface area contributed by atoms with E-state index in [2.05, 4.69) is 6.92 Å². The Morgan fingerprint density at radius 1 is 1.27 bits per heavy atom. The second kappa shape index (κ2) is 9.12. The van der Waals surface area contributed by atoms with Gasteiger partial charge in [0.2, 0.25) is 5.75 Å². The molecule has 0 aliphatic carbocycles. The summed E-state index contributed by atoms with van der Waals surface area (Å²) in [6, 6.07) is 4.32. The summed E-state index contributed by atoms with van der Waals surface area (Å²) in [4.78, 5) is 22.8. The summed E-state index contributed by atoms with van der Waals surface area (Å²) in [7, 11) is 0. The Kier molecular flexibility index (Phi) is 6.89. The fourth-order valence-electron chi connectivity index (χ4n) is 2.62. The molecular formula is C19H24O7. The molecule has 1 heterocycles. The van der Waals surface area contributed by atoms with Crippen LogP contribution in [0.4, 0.5) is 0 Å². The van der Waals surface area contributed by atoms with Gasteiger partial charge in [0.25, 0.3) is 0 Å². The highest BCUT2D eigenvalue weighted by molar-refractivity contribution is 5.86. The lowest BCUT2D eigenvalue weighted by Gasteiger charge is -2.17. The van der Waals surface area contributed by atoms with E-state index in [-0.39, 0.29) is 34.3 Å². The molecule has 0 amide bonds. The van der Waals surface area contributed by atoms with Crippen LogP contribution in [0.2, 0.25) is 0 Å². The second-order valence-corrected chi connectivity index (χ2v) is 6.05. The molecule has 0 spiro atoms. The largest absolute Gasteiger partial charge is 0.504 e. The van der Waals surface area contributed by atoms with Crippen LogP contribution in [-0.4, -0.2) is 28.9 Å². The molecule has 1 atom stereocenters. The van der Waals surface area contributed by atoms with Crippen LogP contribution in [0, 0.1) is 0 Å². The maximum Gasteiger partial charge on any atom is 0.383 e. The minimum atomic E-state index is -1.11. The topological polar surface area (TPSA) is 106 Å². The molecule has 2 N–H and O–H groups in total. The van der Waals surface area contributed by atoms with Crippen LogP contribution < -0.4 is 15.1 Å². The molecule has 142 valence electrons. The predicted molar refractivity (Wildman–Crippen MR) is 96.1 cm³/mol. The van der Waals surface area contributed by atoms with E-state index >= 15 is 0 Å². The van der Waals surface area contributed by atoms with Gasteiger partial charge in [-0.2, -0.15) is 0 Å². The zero-order valence-corrected chi connectivity index (χ0v) is 15.0. The van der Waals surface area contributed by atoms with Crippen LogP contribution >= 0.6 is 0 Å². The molecule has 1 unspecified atom stereocenters. The first-order chi connectivity index (χ1) is 12.5. The van der Waals surface area contributed by atoms with E-state index in [0.29, 0.717) is 6.42 Å². The van der Waals surface area contributed by atoms with Crippen molar-refractivity contribution in [3.05, 3.63) is 28.6 Å². The first-order valence-corrected chi connectivity index (χ1v) is 8.77. The summed E-state index contributed by atoms with van der Waals surface area (Å²) in [6.07, 6.45) is 4.41. The van der Waals surface area contributed by atoms with Crippen LogP contribution in [-0.2, 0) is 4.79 Å². The Hall–Kier alpha value is -2.70. The number of aliphatic carboxylic acids is 1. The normalized spacial score (nSPS) is 12.1. The van der Waals surface area contributed by atoms with Gasteiger partial charge in [0.15, 0.2) is 12.4 Å². The first kappa shape index (κ1) is 19.6. The fourth-order valence-corrected chi connectivity index (χ4v) is 2.62.